The highest BCUT2D eigenvalue weighted by Crippen LogP contribution is 2.17. The molecular formula is C12H17NO2. The molecule has 1 heterocycles. The minimum atomic E-state index is 0.321. The molecule has 0 saturated carbocycles. The molecule has 82 valence electrons. The Labute approximate surface area is 90.1 Å². The molecule has 2 N–H and O–H groups in total. The zero-order chi connectivity index (χ0) is 10.5. The number of hydrogen-bond donors (Lipinski definition) is 2. The van der Waals surface area contributed by atoms with Crippen LogP contribution in [0.4, 0.5) is 0 Å². The molecule has 15 heavy (non-hydrogen) atoms. The van der Waals surface area contributed by atoms with Crippen LogP contribution in [-0.2, 0) is 11.3 Å². The van der Waals surface area contributed by atoms with Gasteiger partial charge in [-0.3, -0.25) is 0 Å². The molecule has 1 aromatic carbocycles. The van der Waals surface area contributed by atoms with Gasteiger partial charge in [-0.05, 0) is 24.9 Å². The largest absolute Gasteiger partial charge is 0.508 e. The van der Waals surface area contributed by atoms with E-state index in [2.05, 4.69) is 5.32 Å². The number of phenols is 1. The Balaban J connectivity index is 1.75. The van der Waals surface area contributed by atoms with E-state index in [0.717, 1.165) is 25.3 Å². The molecule has 1 atom stereocenters. The molecule has 1 saturated heterocycles. The molecule has 1 aromatic rings. The van der Waals surface area contributed by atoms with Crippen LogP contribution in [0.3, 0.4) is 0 Å². The van der Waals surface area contributed by atoms with Crippen molar-refractivity contribution in [3.05, 3.63) is 29.8 Å². The molecule has 1 fully saturated rings. The smallest absolute Gasteiger partial charge is 0.121 e. The quantitative estimate of drug-likeness (QED) is 0.786. The first kappa shape index (κ1) is 10.5. The SMILES string of the molecule is Oc1ccccc1COCC1CCNC1. The number of nitrogens with one attached hydrogen (secondary N) is 1. The van der Waals surface area contributed by atoms with E-state index in [0.29, 0.717) is 18.3 Å². The van der Waals surface area contributed by atoms with Gasteiger partial charge in [0, 0.05) is 12.1 Å². The second kappa shape index (κ2) is 5.14. The molecule has 1 aliphatic rings. The Morgan fingerprint density at radius 1 is 1.40 bits per heavy atom. The van der Waals surface area contributed by atoms with Crippen LogP contribution in [-0.4, -0.2) is 24.8 Å². The van der Waals surface area contributed by atoms with Crippen molar-refractivity contribution in [1.82, 2.24) is 5.32 Å². The van der Waals surface area contributed by atoms with E-state index in [1.807, 2.05) is 18.2 Å². The van der Waals surface area contributed by atoms with Crippen LogP contribution in [0.25, 0.3) is 0 Å². The fraction of sp³-hybridized carbons (Fsp3) is 0.500. The number of benzene rings is 1. The molecule has 1 aliphatic heterocycles. The van der Waals surface area contributed by atoms with E-state index in [4.69, 9.17) is 4.74 Å². The molecule has 1 unspecified atom stereocenters. The maximum absolute atomic E-state index is 9.51. The van der Waals surface area contributed by atoms with Gasteiger partial charge >= 0.3 is 0 Å². The summed E-state index contributed by atoms with van der Waals surface area (Å²) in [6.45, 7) is 3.44. The minimum absolute atomic E-state index is 0.321. The fourth-order valence-electron chi connectivity index (χ4n) is 1.83. The monoisotopic (exact) mass is 207 g/mol. The van der Waals surface area contributed by atoms with Crippen LogP contribution in [0, 0.1) is 5.92 Å². The van der Waals surface area contributed by atoms with E-state index in [9.17, 15) is 5.11 Å². The number of rotatable bonds is 4. The Morgan fingerprint density at radius 2 is 2.27 bits per heavy atom. The van der Waals surface area contributed by atoms with Crippen molar-refractivity contribution < 1.29 is 9.84 Å². The summed E-state index contributed by atoms with van der Waals surface area (Å²) in [6.07, 6.45) is 1.20. The number of ether oxygens (including phenoxy) is 1. The van der Waals surface area contributed by atoms with E-state index in [1.165, 1.54) is 6.42 Å². The van der Waals surface area contributed by atoms with E-state index >= 15 is 0 Å². The lowest BCUT2D eigenvalue weighted by atomic mass is 10.1. The molecule has 2 rings (SSSR count). The van der Waals surface area contributed by atoms with Gasteiger partial charge in [0.25, 0.3) is 0 Å². The standard InChI is InChI=1S/C12H17NO2/c14-12-4-2-1-3-11(12)9-15-8-10-5-6-13-7-10/h1-4,10,13-14H,5-9H2. The van der Waals surface area contributed by atoms with Gasteiger partial charge in [0.1, 0.15) is 5.75 Å². The van der Waals surface area contributed by atoms with Crippen LogP contribution < -0.4 is 5.32 Å². The summed E-state index contributed by atoms with van der Waals surface area (Å²) >= 11 is 0. The fourth-order valence-corrected chi connectivity index (χ4v) is 1.83. The third-order valence-electron chi connectivity index (χ3n) is 2.77. The first-order valence-corrected chi connectivity index (χ1v) is 5.41. The second-order valence-electron chi connectivity index (χ2n) is 4.00. The summed E-state index contributed by atoms with van der Waals surface area (Å²) in [5, 5.41) is 12.8. The van der Waals surface area contributed by atoms with Crippen molar-refractivity contribution in [2.45, 2.75) is 13.0 Å². The summed E-state index contributed by atoms with van der Waals surface area (Å²) in [7, 11) is 0. The van der Waals surface area contributed by atoms with E-state index < -0.39 is 0 Å². The van der Waals surface area contributed by atoms with Crippen LogP contribution in [0.1, 0.15) is 12.0 Å². The number of phenolic OH excluding ortho intramolecular Hbond substituents is 1. The summed E-state index contributed by atoms with van der Waals surface area (Å²) in [6, 6.07) is 7.31. The van der Waals surface area contributed by atoms with Gasteiger partial charge in [-0.15, -0.1) is 0 Å². The predicted molar refractivity (Wildman–Crippen MR) is 58.7 cm³/mol. The normalized spacial score (nSPS) is 20.7. The lowest BCUT2D eigenvalue weighted by molar-refractivity contribution is 0.0911. The Hall–Kier alpha value is -1.06. The van der Waals surface area contributed by atoms with E-state index in [1.54, 1.807) is 6.07 Å². The van der Waals surface area contributed by atoms with Gasteiger partial charge in [-0.1, -0.05) is 18.2 Å². The predicted octanol–water partition coefficient (Wildman–Crippen LogP) is 1.52. The lowest BCUT2D eigenvalue weighted by Gasteiger charge is -2.09. The zero-order valence-corrected chi connectivity index (χ0v) is 8.78. The van der Waals surface area contributed by atoms with Gasteiger partial charge in [-0.25, -0.2) is 0 Å². The van der Waals surface area contributed by atoms with Crippen LogP contribution in [0.15, 0.2) is 24.3 Å². The Kier molecular flexibility index (Phi) is 3.59. The van der Waals surface area contributed by atoms with Gasteiger partial charge in [0.2, 0.25) is 0 Å². The molecule has 0 bridgehead atoms. The first-order chi connectivity index (χ1) is 7.36. The minimum Gasteiger partial charge on any atom is -0.508 e. The van der Waals surface area contributed by atoms with Crippen molar-refractivity contribution in [2.75, 3.05) is 19.7 Å². The highest BCUT2D eigenvalue weighted by Gasteiger charge is 2.14. The van der Waals surface area contributed by atoms with Crippen molar-refractivity contribution >= 4 is 0 Å². The second-order valence-corrected chi connectivity index (χ2v) is 4.00. The Bertz CT molecular complexity index is 308. The highest BCUT2D eigenvalue weighted by atomic mass is 16.5. The molecule has 0 aliphatic carbocycles. The Morgan fingerprint density at radius 3 is 3.00 bits per heavy atom. The average Bonchev–Trinajstić information content (AvgIpc) is 2.74. The molecule has 0 spiro atoms. The lowest BCUT2D eigenvalue weighted by Crippen LogP contribution is -2.13. The molecule has 0 amide bonds. The number of hydrogen-bond acceptors (Lipinski definition) is 3. The van der Waals surface area contributed by atoms with E-state index in [-0.39, 0.29) is 0 Å². The maximum atomic E-state index is 9.51. The summed E-state index contributed by atoms with van der Waals surface area (Å²) in [5.41, 5.74) is 0.864. The third kappa shape index (κ3) is 2.94. The van der Waals surface area contributed by atoms with Gasteiger partial charge in [0.05, 0.1) is 13.2 Å². The molecular weight excluding hydrogens is 190 g/mol. The molecule has 3 heteroatoms. The molecule has 3 nitrogen and oxygen atoms in total. The van der Waals surface area contributed by atoms with Crippen molar-refractivity contribution in [3.63, 3.8) is 0 Å². The van der Waals surface area contributed by atoms with Crippen molar-refractivity contribution in [3.8, 4) is 5.75 Å². The van der Waals surface area contributed by atoms with Gasteiger partial charge in [0.15, 0.2) is 0 Å². The van der Waals surface area contributed by atoms with Gasteiger partial charge in [-0.2, -0.15) is 0 Å². The zero-order valence-electron chi connectivity index (χ0n) is 8.78. The van der Waals surface area contributed by atoms with Crippen LogP contribution >= 0.6 is 0 Å². The summed E-state index contributed by atoms with van der Waals surface area (Å²) in [5.74, 6) is 0.956. The van der Waals surface area contributed by atoms with Crippen LogP contribution in [0.5, 0.6) is 5.75 Å². The van der Waals surface area contributed by atoms with Crippen molar-refractivity contribution in [1.29, 1.82) is 0 Å². The molecule has 0 radical (unpaired) electrons. The summed E-state index contributed by atoms with van der Waals surface area (Å²) < 4.78 is 5.58. The summed E-state index contributed by atoms with van der Waals surface area (Å²) in [4.78, 5) is 0. The van der Waals surface area contributed by atoms with Crippen molar-refractivity contribution in [2.24, 2.45) is 5.92 Å². The topological polar surface area (TPSA) is 41.5 Å². The number of aromatic hydroxyl groups is 1. The van der Waals surface area contributed by atoms with Gasteiger partial charge < -0.3 is 15.2 Å². The number of para-hydroxylation sites is 1. The molecule has 0 aromatic heterocycles. The maximum Gasteiger partial charge on any atom is 0.121 e. The van der Waals surface area contributed by atoms with Crippen LogP contribution in [0.2, 0.25) is 0 Å². The third-order valence-corrected chi connectivity index (χ3v) is 2.77. The first-order valence-electron chi connectivity index (χ1n) is 5.41. The average molecular weight is 207 g/mol. The highest BCUT2D eigenvalue weighted by molar-refractivity contribution is 5.30.